The summed E-state index contributed by atoms with van der Waals surface area (Å²) >= 11 is 0. The molecule has 2 heterocycles. The number of halogens is 4. The third kappa shape index (κ3) is 9.13. The Bertz CT molecular complexity index is 692. The summed E-state index contributed by atoms with van der Waals surface area (Å²) in [6, 6.07) is 8.38. The standard InChI is InChI=1S/C22H34F3N5.HI/c1-2-26-21(28-20-10-13-30(16-20)17-22(23,24)25)27-14-18-8-4-5-9-19(18)15-29-11-6-3-7-12-29;/h4-5,8-9,20H,2-3,6-7,10-17H2,1H3,(H2,26,27,28);1H. The van der Waals surface area contributed by atoms with Gasteiger partial charge in [-0.05, 0) is 50.4 Å². The van der Waals surface area contributed by atoms with Gasteiger partial charge in [0.25, 0.3) is 0 Å². The fraction of sp³-hybridized carbons (Fsp3) is 0.682. The van der Waals surface area contributed by atoms with Crippen molar-refractivity contribution >= 4 is 29.9 Å². The summed E-state index contributed by atoms with van der Waals surface area (Å²) in [5.74, 6) is 0.670. The third-order valence-corrected chi connectivity index (χ3v) is 5.73. The number of aliphatic imine (C=N–C) groups is 1. The van der Waals surface area contributed by atoms with Crippen molar-refractivity contribution < 1.29 is 13.2 Å². The van der Waals surface area contributed by atoms with E-state index in [0.717, 1.165) is 19.6 Å². The number of hydrogen-bond donors (Lipinski definition) is 2. The highest BCUT2D eigenvalue weighted by atomic mass is 127. The lowest BCUT2D eigenvalue weighted by Crippen LogP contribution is -2.45. The number of rotatable bonds is 7. The molecule has 176 valence electrons. The zero-order valence-electron chi connectivity index (χ0n) is 18.3. The second-order valence-corrected chi connectivity index (χ2v) is 8.28. The van der Waals surface area contributed by atoms with E-state index in [2.05, 4.69) is 33.7 Å². The first kappa shape index (κ1) is 26.2. The SMILES string of the molecule is CCNC(=NCc1ccccc1CN1CCCCC1)NC1CCN(CC(F)(F)F)C1.I. The van der Waals surface area contributed by atoms with Gasteiger partial charge >= 0.3 is 6.18 Å². The summed E-state index contributed by atoms with van der Waals surface area (Å²) < 4.78 is 37.9. The summed E-state index contributed by atoms with van der Waals surface area (Å²) in [6.07, 6.45) is 0.391. The topological polar surface area (TPSA) is 42.9 Å². The van der Waals surface area contributed by atoms with Gasteiger partial charge in [-0.3, -0.25) is 9.80 Å². The smallest absolute Gasteiger partial charge is 0.357 e. The van der Waals surface area contributed by atoms with Crippen LogP contribution in [0.1, 0.15) is 43.7 Å². The van der Waals surface area contributed by atoms with Crippen molar-refractivity contribution in [2.24, 2.45) is 4.99 Å². The lowest BCUT2D eigenvalue weighted by Gasteiger charge is -2.27. The molecule has 0 amide bonds. The van der Waals surface area contributed by atoms with Gasteiger partial charge in [-0.15, -0.1) is 24.0 Å². The average molecular weight is 553 g/mol. The predicted molar refractivity (Wildman–Crippen MR) is 130 cm³/mol. The molecule has 0 bridgehead atoms. The first-order valence-electron chi connectivity index (χ1n) is 11.1. The number of guanidine groups is 1. The van der Waals surface area contributed by atoms with Gasteiger partial charge in [-0.1, -0.05) is 30.7 Å². The molecule has 2 aliphatic rings. The molecular weight excluding hydrogens is 518 g/mol. The highest BCUT2D eigenvalue weighted by Gasteiger charge is 2.34. The van der Waals surface area contributed by atoms with Gasteiger partial charge in [0.15, 0.2) is 5.96 Å². The molecule has 1 aromatic rings. The molecule has 2 fully saturated rings. The Morgan fingerprint density at radius 3 is 2.45 bits per heavy atom. The number of likely N-dealkylation sites (tertiary alicyclic amines) is 2. The molecule has 0 spiro atoms. The van der Waals surface area contributed by atoms with Crippen LogP contribution >= 0.6 is 24.0 Å². The number of hydrogen-bond acceptors (Lipinski definition) is 3. The van der Waals surface area contributed by atoms with E-state index >= 15 is 0 Å². The lowest BCUT2D eigenvalue weighted by molar-refractivity contribution is -0.143. The number of alkyl halides is 3. The Hall–Kier alpha value is -1.07. The van der Waals surface area contributed by atoms with Crippen LogP contribution < -0.4 is 10.6 Å². The maximum atomic E-state index is 12.6. The average Bonchev–Trinajstić information content (AvgIpc) is 3.13. The van der Waals surface area contributed by atoms with Crippen LogP contribution in [0.25, 0.3) is 0 Å². The van der Waals surface area contributed by atoms with E-state index in [4.69, 9.17) is 4.99 Å². The van der Waals surface area contributed by atoms with E-state index in [-0.39, 0.29) is 30.0 Å². The lowest BCUT2D eigenvalue weighted by atomic mass is 10.1. The van der Waals surface area contributed by atoms with Gasteiger partial charge in [0.1, 0.15) is 0 Å². The van der Waals surface area contributed by atoms with E-state index in [9.17, 15) is 13.2 Å². The van der Waals surface area contributed by atoms with Gasteiger partial charge in [0, 0.05) is 32.2 Å². The Balaban J connectivity index is 0.00000341. The molecule has 5 nitrogen and oxygen atoms in total. The Morgan fingerprint density at radius 2 is 1.77 bits per heavy atom. The fourth-order valence-corrected chi connectivity index (χ4v) is 4.25. The Morgan fingerprint density at radius 1 is 1.06 bits per heavy atom. The molecule has 3 rings (SSSR count). The van der Waals surface area contributed by atoms with Crippen molar-refractivity contribution in [3.05, 3.63) is 35.4 Å². The molecule has 2 N–H and O–H groups in total. The minimum atomic E-state index is -4.15. The molecule has 1 atom stereocenters. The van der Waals surface area contributed by atoms with Gasteiger partial charge in [0.05, 0.1) is 13.1 Å². The maximum Gasteiger partial charge on any atom is 0.401 e. The van der Waals surface area contributed by atoms with Gasteiger partial charge < -0.3 is 10.6 Å². The molecule has 1 unspecified atom stereocenters. The van der Waals surface area contributed by atoms with Gasteiger partial charge in [-0.2, -0.15) is 13.2 Å². The predicted octanol–water partition coefficient (Wildman–Crippen LogP) is 3.98. The molecule has 9 heteroatoms. The quantitative estimate of drug-likeness (QED) is 0.305. The van der Waals surface area contributed by atoms with Gasteiger partial charge in [-0.25, -0.2) is 4.99 Å². The summed E-state index contributed by atoms with van der Waals surface area (Å²) in [4.78, 5) is 8.69. The highest BCUT2D eigenvalue weighted by molar-refractivity contribution is 14.0. The zero-order valence-corrected chi connectivity index (χ0v) is 20.6. The summed E-state index contributed by atoms with van der Waals surface area (Å²) in [5, 5.41) is 6.55. The zero-order chi connectivity index (χ0) is 21.4. The van der Waals surface area contributed by atoms with Crippen LogP contribution in [0.15, 0.2) is 29.3 Å². The molecule has 0 radical (unpaired) electrons. The number of piperidine rings is 1. The largest absolute Gasteiger partial charge is 0.401 e. The number of nitrogens with zero attached hydrogens (tertiary/aromatic N) is 3. The fourth-order valence-electron chi connectivity index (χ4n) is 4.25. The van der Waals surface area contributed by atoms with Crippen molar-refractivity contribution in [2.45, 2.75) is 57.9 Å². The first-order chi connectivity index (χ1) is 14.4. The summed E-state index contributed by atoms with van der Waals surface area (Å²) in [5.41, 5.74) is 2.50. The summed E-state index contributed by atoms with van der Waals surface area (Å²) in [6.45, 7) is 6.50. The van der Waals surface area contributed by atoms with Crippen LogP contribution in [-0.4, -0.2) is 67.2 Å². The number of benzene rings is 1. The molecule has 0 aromatic heterocycles. The van der Waals surface area contributed by atoms with Crippen molar-refractivity contribution in [1.82, 2.24) is 20.4 Å². The van der Waals surface area contributed by atoms with Crippen LogP contribution in [0.2, 0.25) is 0 Å². The highest BCUT2D eigenvalue weighted by Crippen LogP contribution is 2.20. The van der Waals surface area contributed by atoms with Crippen molar-refractivity contribution in [3.8, 4) is 0 Å². The van der Waals surface area contributed by atoms with Crippen LogP contribution in [-0.2, 0) is 13.1 Å². The second kappa shape index (κ2) is 12.8. The molecular formula is C22H35F3IN5. The van der Waals surface area contributed by atoms with Crippen LogP contribution in [0, 0.1) is 0 Å². The molecule has 31 heavy (non-hydrogen) atoms. The molecule has 2 saturated heterocycles. The van der Waals surface area contributed by atoms with Crippen molar-refractivity contribution in [3.63, 3.8) is 0 Å². The van der Waals surface area contributed by atoms with E-state index in [1.165, 1.54) is 35.3 Å². The van der Waals surface area contributed by atoms with E-state index in [0.29, 0.717) is 38.6 Å². The van der Waals surface area contributed by atoms with Crippen molar-refractivity contribution in [2.75, 3.05) is 39.3 Å². The van der Waals surface area contributed by atoms with E-state index < -0.39 is 12.7 Å². The monoisotopic (exact) mass is 553 g/mol. The molecule has 2 aliphatic heterocycles. The van der Waals surface area contributed by atoms with Crippen LogP contribution in [0.3, 0.4) is 0 Å². The van der Waals surface area contributed by atoms with Crippen LogP contribution in [0.5, 0.6) is 0 Å². The van der Waals surface area contributed by atoms with Gasteiger partial charge in [0.2, 0.25) is 0 Å². The van der Waals surface area contributed by atoms with Crippen molar-refractivity contribution in [1.29, 1.82) is 0 Å². The van der Waals surface area contributed by atoms with Crippen LogP contribution in [0.4, 0.5) is 13.2 Å². The Labute approximate surface area is 200 Å². The second-order valence-electron chi connectivity index (χ2n) is 8.28. The molecule has 0 saturated carbocycles. The number of nitrogens with one attached hydrogen (secondary N) is 2. The molecule has 0 aliphatic carbocycles. The van der Waals surface area contributed by atoms with E-state index in [1.807, 2.05) is 13.0 Å². The summed E-state index contributed by atoms with van der Waals surface area (Å²) in [7, 11) is 0. The normalized spacial score (nSPS) is 21.0. The minimum Gasteiger partial charge on any atom is -0.357 e. The third-order valence-electron chi connectivity index (χ3n) is 5.73. The minimum absolute atomic E-state index is 0. The first-order valence-corrected chi connectivity index (χ1v) is 11.1. The Kier molecular flexibility index (Phi) is 10.8. The molecule has 1 aromatic carbocycles. The maximum absolute atomic E-state index is 12.6. The van der Waals surface area contributed by atoms with E-state index in [1.54, 1.807) is 0 Å².